The van der Waals surface area contributed by atoms with E-state index in [-0.39, 0.29) is 0 Å². The number of ether oxygens (including phenoxy) is 2. The molecule has 1 aromatic carbocycles. The van der Waals surface area contributed by atoms with E-state index >= 15 is 0 Å². The Bertz CT molecular complexity index is 827. The summed E-state index contributed by atoms with van der Waals surface area (Å²) in [5.74, 6) is 1.50. The van der Waals surface area contributed by atoms with Gasteiger partial charge in [-0.15, -0.1) is 0 Å². The predicted octanol–water partition coefficient (Wildman–Crippen LogP) is 4.16. The molecule has 0 amide bonds. The number of nitrogens with two attached hydrogens (primary N) is 1. The first-order valence-corrected chi connectivity index (χ1v) is 8.36. The molecule has 0 bridgehead atoms. The Morgan fingerprint density at radius 3 is 2.75 bits per heavy atom. The topological polar surface area (TPSA) is 61.8 Å². The van der Waals surface area contributed by atoms with Gasteiger partial charge in [-0.2, -0.15) is 0 Å². The van der Waals surface area contributed by atoms with Crippen molar-refractivity contribution in [2.24, 2.45) is 0 Å². The molecule has 0 aliphatic rings. The molecule has 2 heterocycles. The van der Waals surface area contributed by atoms with E-state index in [9.17, 15) is 0 Å². The smallest absolute Gasteiger partial charge is 0.180 e. The van der Waals surface area contributed by atoms with Gasteiger partial charge in [-0.1, -0.05) is 13.3 Å². The number of nitrogens with zero attached hydrogens (tertiary/aromatic N) is 2. The van der Waals surface area contributed by atoms with E-state index in [1.54, 1.807) is 0 Å². The fraction of sp³-hybridized carbons (Fsp3) is 0.316. The molecule has 2 N–H and O–H groups in total. The number of aromatic nitrogens is 2. The molecule has 126 valence electrons. The Morgan fingerprint density at radius 2 is 2.00 bits per heavy atom. The monoisotopic (exact) mass is 325 g/mol. The summed E-state index contributed by atoms with van der Waals surface area (Å²) in [6, 6.07) is 9.67. The second-order valence-corrected chi connectivity index (χ2v) is 5.62. The van der Waals surface area contributed by atoms with Crippen LogP contribution < -0.4 is 15.2 Å². The number of unbranched alkanes of at least 4 members (excludes halogenated alkanes) is 1. The number of hydrogen-bond donors (Lipinski definition) is 1. The molecule has 0 saturated carbocycles. The molecule has 3 aromatic rings. The van der Waals surface area contributed by atoms with Crippen LogP contribution in [0.2, 0.25) is 0 Å². The highest BCUT2D eigenvalue weighted by molar-refractivity contribution is 5.71. The molecule has 0 fully saturated rings. The maximum absolute atomic E-state index is 6.07. The summed E-state index contributed by atoms with van der Waals surface area (Å²) in [6.07, 6.45) is 6.09. The summed E-state index contributed by atoms with van der Waals surface area (Å²) in [5, 5.41) is 0. The Labute approximate surface area is 142 Å². The van der Waals surface area contributed by atoms with Crippen LogP contribution >= 0.6 is 0 Å². The first kappa shape index (κ1) is 16.2. The van der Waals surface area contributed by atoms with Gasteiger partial charge in [0, 0.05) is 18.0 Å². The molecule has 3 rings (SSSR count). The quantitative estimate of drug-likeness (QED) is 0.523. The largest absolute Gasteiger partial charge is 0.492 e. The number of hydrogen-bond acceptors (Lipinski definition) is 4. The average molecular weight is 325 g/mol. The van der Waals surface area contributed by atoms with Crippen molar-refractivity contribution in [2.45, 2.75) is 26.7 Å². The molecule has 0 saturated heterocycles. The van der Waals surface area contributed by atoms with Crippen LogP contribution in [0.3, 0.4) is 0 Å². The third-order valence-electron chi connectivity index (χ3n) is 3.81. The average Bonchev–Trinajstić information content (AvgIpc) is 3.02. The van der Waals surface area contributed by atoms with Gasteiger partial charge in [-0.25, -0.2) is 4.98 Å². The van der Waals surface area contributed by atoms with Crippen LogP contribution in [-0.2, 0) is 0 Å². The molecule has 0 aliphatic heterocycles. The minimum Gasteiger partial charge on any atom is -0.492 e. The minimum atomic E-state index is 0.594. The lowest BCUT2D eigenvalue weighted by Crippen LogP contribution is -1.98. The predicted molar refractivity (Wildman–Crippen MR) is 96.6 cm³/mol. The molecule has 5 nitrogen and oxygen atoms in total. The summed E-state index contributed by atoms with van der Waals surface area (Å²) in [4.78, 5) is 4.72. The van der Waals surface area contributed by atoms with Gasteiger partial charge in [0.15, 0.2) is 11.4 Å². The van der Waals surface area contributed by atoms with Crippen molar-refractivity contribution in [3.8, 4) is 22.8 Å². The van der Waals surface area contributed by atoms with Gasteiger partial charge in [0.1, 0.15) is 5.75 Å². The van der Waals surface area contributed by atoms with Crippen molar-refractivity contribution in [1.29, 1.82) is 0 Å². The fourth-order valence-electron chi connectivity index (χ4n) is 2.56. The molecule has 0 unspecified atom stereocenters. The van der Waals surface area contributed by atoms with Crippen LogP contribution in [0.4, 0.5) is 5.69 Å². The number of imidazole rings is 1. The second-order valence-electron chi connectivity index (χ2n) is 5.62. The zero-order chi connectivity index (χ0) is 16.9. The maximum atomic E-state index is 6.07. The van der Waals surface area contributed by atoms with Gasteiger partial charge in [-0.3, -0.25) is 0 Å². The third kappa shape index (κ3) is 3.30. The van der Waals surface area contributed by atoms with Gasteiger partial charge < -0.3 is 19.6 Å². The van der Waals surface area contributed by atoms with E-state index < -0.39 is 0 Å². The van der Waals surface area contributed by atoms with Gasteiger partial charge in [-0.05, 0) is 43.7 Å². The highest BCUT2D eigenvalue weighted by Gasteiger charge is 2.10. The third-order valence-corrected chi connectivity index (χ3v) is 3.81. The van der Waals surface area contributed by atoms with Crippen LogP contribution in [0, 0.1) is 0 Å². The van der Waals surface area contributed by atoms with Gasteiger partial charge >= 0.3 is 0 Å². The van der Waals surface area contributed by atoms with Crippen molar-refractivity contribution >= 4 is 11.3 Å². The molecule has 24 heavy (non-hydrogen) atoms. The first-order valence-electron chi connectivity index (χ1n) is 8.36. The molecule has 0 spiro atoms. The SMILES string of the molecule is CCCCOc1cccn2cc(-c3ccc(OCC)c(N)c3)nc12. The standard InChI is InChI=1S/C19H23N3O2/c1-3-5-11-24-18-7-6-10-22-13-16(21-19(18)22)14-8-9-17(23-4-2)15(20)12-14/h6-10,12-13H,3-5,11,20H2,1-2H3. The van der Waals surface area contributed by atoms with E-state index in [0.717, 1.165) is 35.5 Å². The van der Waals surface area contributed by atoms with Gasteiger partial charge in [0.2, 0.25) is 0 Å². The van der Waals surface area contributed by atoms with Crippen molar-refractivity contribution in [3.63, 3.8) is 0 Å². The van der Waals surface area contributed by atoms with Crippen LogP contribution in [0.5, 0.6) is 11.5 Å². The zero-order valence-corrected chi connectivity index (χ0v) is 14.2. The van der Waals surface area contributed by atoms with E-state index in [4.69, 9.17) is 20.2 Å². The fourth-order valence-corrected chi connectivity index (χ4v) is 2.56. The highest BCUT2D eigenvalue weighted by Crippen LogP contribution is 2.30. The summed E-state index contributed by atoms with van der Waals surface area (Å²) in [5.41, 5.74) is 9.31. The maximum Gasteiger partial charge on any atom is 0.180 e. The van der Waals surface area contributed by atoms with Crippen molar-refractivity contribution in [2.75, 3.05) is 18.9 Å². The van der Waals surface area contributed by atoms with Crippen LogP contribution in [-0.4, -0.2) is 22.6 Å². The zero-order valence-electron chi connectivity index (χ0n) is 14.2. The van der Waals surface area contributed by atoms with Crippen LogP contribution in [0.1, 0.15) is 26.7 Å². The number of benzene rings is 1. The number of fused-ring (bicyclic) bond motifs is 1. The normalized spacial score (nSPS) is 10.9. The van der Waals surface area contributed by atoms with Crippen molar-refractivity contribution < 1.29 is 9.47 Å². The lowest BCUT2D eigenvalue weighted by atomic mass is 10.1. The lowest BCUT2D eigenvalue weighted by molar-refractivity contribution is 0.311. The van der Waals surface area contributed by atoms with Gasteiger partial charge in [0.05, 0.1) is 24.6 Å². The number of rotatable bonds is 7. The van der Waals surface area contributed by atoms with Gasteiger partial charge in [0.25, 0.3) is 0 Å². The van der Waals surface area contributed by atoms with Crippen LogP contribution in [0.15, 0.2) is 42.7 Å². The number of nitrogen functional groups attached to an aromatic ring is 1. The summed E-state index contributed by atoms with van der Waals surface area (Å²) < 4.78 is 13.3. The molecule has 5 heteroatoms. The van der Waals surface area contributed by atoms with E-state index in [0.29, 0.717) is 24.7 Å². The Hall–Kier alpha value is -2.69. The molecule has 0 aliphatic carbocycles. The summed E-state index contributed by atoms with van der Waals surface area (Å²) in [6.45, 7) is 5.38. The number of pyridine rings is 1. The Kier molecular flexibility index (Phi) is 4.89. The lowest BCUT2D eigenvalue weighted by Gasteiger charge is -2.07. The van der Waals surface area contributed by atoms with E-state index in [2.05, 4.69) is 6.92 Å². The minimum absolute atomic E-state index is 0.594. The van der Waals surface area contributed by atoms with Crippen LogP contribution in [0.25, 0.3) is 16.9 Å². The van der Waals surface area contributed by atoms with E-state index in [1.165, 1.54) is 0 Å². The van der Waals surface area contributed by atoms with E-state index in [1.807, 2.05) is 54.0 Å². The number of anilines is 1. The Balaban J connectivity index is 1.93. The molecular formula is C19H23N3O2. The first-order chi connectivity index (χ1) is 11.7. The second kappa shape index (κ2) is 7.25. The molecule has 2 aromatic heterocycles. The Morgan fingerprint density at radius 1 is 1.12 bits per heavy atom. The summed E-state index contributed by atoms with van der Waals surface area (Å²) in [7, 11) is 0. The van der Waals surface area contributed by atoms with Crippen molar-refractivity contribution in [3.05, 3.63) is 42.7 Å². The molecular weight excluding hydrogens is 302 g/mol. The highest BCUT2D eigenvalue weighted by atomic mass is 16.5. The molecule has 0 radical (unpaired) electrons. The molecule has 0 atom stereocenters. The van der Waals surface area contributed by atoms with Crippen molar-refractivity contribution in [1.82, 2.24) is 9.38 Å². The summed E-state index contributed by atoms with van der Waals surface area (Å²) >= 11 is 0.